The minimum atomic E-state index is -3.55. The number of carbonyl (C=O) groups is 1. The summed E-state index contributed by atoms with van der Waals surface area (Å²) in [6, 6.07) is -0.605. The topological polar surface area (TPSA) is 110 Å². The molecule has 0 rings (SSSR count). The van der Waals surface area contributed by atoms with E-state index in [1.807, 2.05) is 0 Å². The predicted molar refractivity (Wildman–Crippen MR) is 79.6 cm³/mol. The molecule has 0 aliphatic heterocycles. The van der Waals surface area contributed by atoms with Crippen molar-refractivity contribution in [3.63, 3.8) is 0 Å². The minimum Gasteiger partial charge on any atom is -0.461 e. The van der Waals surface area contributed by atoms with Crippen molar-refractivity contribution in [2.45, 2.75) is 19.9 Å². The highest BCUT2D eigenvalue weighted by Gasteiger charge is 2.21. The molecule has 10 heteroatoms. The number of esters is 1. The van der Waals surface area contributed by atoms with Gasteiger partial charge in [0.15, 0.2) is 0 Å². The van der Waals surface area contributed by atoms with Gasteiger partial charge in [-0.15, -0.1) is 0 Å². The second kappa shape index (κ2) is 7.87. The summed E-state index contributed by atoms with van der Waals surface area (Å²) in [6.45, 7) is 6.17. The van der Waals surface area contributed by atoms with Crippen molar-refractivity contribution < 1.29 is 26.4 Å². The van der Waals surface area contributed by atoms with Crippen molar-refractivity contribution in [3.8, 4) is 0 Å². The molecule has 0 fully saturated rings. The van der Waals surface area contributed by atoms with E-state index in [4.69, 9.17) is 4.74 Å². The Morgan fingerprint density at radius 2 is 1.81 bits per heavy atom. The lowest BCUT2D eigenvalue weighted by Crippen LogP contribution is -2.44. The Labute approximate surface area is 126 Å². The normalized spacial score (nSPS) is 14.0. The van der Waals surface area contributed by atoms with Crippen molar-refractivity contribution in [1.29, 1.82) is 0 Å². The maximum absolute atomic E-state index is 11.6. The Hall–Kier alpha value is -0.970. The van der Waals surface area contributed by atoms with E-state index in [9.17, 15) is 21.6 Å². The third-order valence-electron chi connectivity index (χ3n) is 2.28. The van der Waals surface area contributed by atoms with Gasteiger partial charge in [-0.1, -0.05) is 6.58 Å². The highest BCUT2D eigenvalue weighted by Crippen LogP contribution is 2.02. The first kappa shape index (κ1) is 20.0. The second-order valence-corrected chi connectivity index (χ2v) is 8.59. The highest BCUT2D eigenvalue weighted by molar-refractivity contribution is 7.89. The molecule has 1 atom stereocenters. The molecular weight excluding hydrogens is 320 g/mol. The van der Waals surface area contributed by atoms with Gasteiger partial charge in [0.2, 0.25) is 20.0 Å². The van der Waals surface area contributed by atoms with Crippen LogP contribution in [-0.4, -0.2) is 65.4 Å². The lowest BCUT2D eigenvalue weighted by molar-refractivity contribution is -0.139. The molecule has 0 aromatic carbocycles. The monoisotopic (exact) mass is 342 g/mol. The maximum atomic E-state index is 11.6. The molecule has 0 saturated heterocycles. The van der Waals surface area contributed by atoms with Crippen LogP contribution in [-0.2, 0) is 29.6 Å². The van der Waals surface area contributed by atoms with Crippen molar-refractivity contribution in [2.24, 2.45) is 0 Å². The van der Waals surface area contributed by atoms with E-state index in [1.54, 1.807) is 6.92 Å². The van der Waals surface area contributed by atoms with Gasteiger partial charge >= 0.3 is 5.97 Å². The zero-order valence-electron chi connectivity index (χ0n) is 12.6. The van der Waals surface area contributed by atoms with Crippen molar-refractivity contribution in [1.82, 2.24) is 9.03 Å². The molecule has 0 aliphatic carbocycles. The molecule has 0 aromatic rings. The summed E-state index contributed by atoms with van der Waals surface area (Å²) in [7, 11) is -6.98. The number of nitrogens with zero attached hydrogens (tertiary/aromatic N) is 1. The number of carbonyl (C=O) groups excluding carboxylic acids is 1. The first-order valence-electron chi connectivity index (χ1n) is 6.08. The first-order valence-corrected chi connectivity index (χ1v) is 9.82. The fourth-order valence-corrected chi connectivity index (χ4v) is 3.17. The number of rotatable bonds is 9. The lowest BCUT2D eigenvalue weighted by Gasteiger charge is -2.23. The van der Waals surface area contributed by atoms with Crippen LogP contribution in [0.1, 0.15) is 13.8 Å². The molecule has 0 spiro atoms. The molecule has 0 radical (unpaired) electrons. The maximum Gasteiger partial charge on any atom is 0.333 e. The molecule has 21 heavy (non-hydrogen) atoms. The summed E-state index contributed by atoms with van der Waals surface area (Å²) in [5.41, 5.74) is 0.216. The summed E-state index contributed by atoms with van der Waals surface area (Å²) in [5, 5.41) is 0. The quantitative estimate of drug-likeness (QED) is 0.438. The molecule has 8 nitrogen and oxygen atoms in total. The Bertz CT molecular complexity index is 582. The van der Waals surface area contributed by atoms with E-state index >= 15 is 0 Å². The first-order chi connectivity index (χ1) is 9.33. The predicted octanol–water partition coefficient (Wildman–Crippen LogP) is -0.695. The van der Waals surface area contributed by atoms with Gasteiger partial charge < -0.3 is 4.74 Å². The SMILES string of the molecule is C=C(C)C(=O)OCCN(CC(C)NS(C)(=O)=O)S(C)(=O)=O. The van der Waals surface area contributed by atoms with Gasteiger partial charge in [0.25, 0.3) is 0 Å². The third-order valence-corrected chi connectivity index (χ3v) is 4.38. The Morgan fingerprint density at radius 1 is 1.29 bits per heavy atom. The van der Waals surface area contributed by atoms with E-state index in [-0.39, 0.29) is 25.3 Å². The minimum absolute atomic E-state index is 0.0590. The van der Waals surface area contributed by atoms with E-state index < -0.39 is 32.1 Å². The summed E-state index contributed by atoms with van der Waals surface area (Å²) in [5.74, 6) is -0.606. The van der Waals surface area contributed by atoms with Gasteiger partial charge in [0, 0.05) is 24.7 Å². The van der Waals surface area contributed by atoms with Crippen LogP contribution in [0.4, 0.5) is 0 Å². The van der Waals surface area contributed by atoms with Crippen LogP contribution in [0, 0.1) is 0 Å². The van der Waals surface area contributed by atoms with E-state index in [0.717, 1.165) is 16.8 Å². The average molecular weight is 342 g/mol. The molecule has 0 heterocycles. The Kier molecular flexibility index (Phi) is 7.51. The van der Waals surface area contributed by atoms with Gasteiger partial charge in [-0.25, -0.2) is 26.4 Å². The summed E-state index contributed by atoms with van der Waals surface area (Å²) >= 11 is 0. The van der Waals surface area contributed by atoms with Crippen LogP contribution in [0.25, 0.3) is 0 Å². The second-order valence-electron chi connectivity index (χ2n) is 4.83. The van der Waals surface area contributed by atoms with Crippen molar-refractivity contribution in [2.75, 3.05) is 32.2 Å². The number of hydrogen-bond acceptors (Lipinski definition) is 6. The average Bonchev–Trinajstić information content (AvgIpc) is 2.23. The van der Waals surface area contributed by atoms with Gasteiger partial charge in [-0.05, 0) is 13.8 Å². The smallest absolute Gasteiger partial charge is 0.333 e. The van der Waals surface area contributed by atoms with Crippen LogP contribution >= 0.6 is 0 Å². The summed E-state index contributed by atoms with van der Waals surface area (Å²) < 4.78 is 53.6. The van der Waals surface area contributed by atoms with Crippen LogP contribution in [0.15, 0.2) is 12.2 Å². The standard InChI is InChI=1S/C11H22N2O6S2/c1-9(2)11(14)19-7-6-13(21(5,17)18)8-10(3)12-20(4,15)16/h10,12H,1,6-8H2,2-5H3. The molecule has 1 unspecified atom stereocenters. The zero-order chi connectivity index (χ0) is 16.8. The van der Waals surface area contributed by atoms with Gasteiger partial charge in [0.05, 0.1) is 12.5 Å². The van der Waals surface area contributed by atoms with Crippen LogP contribution in [0.3, 0.4) is 0 Å². The highest BCUT2D eigenvalue weighted by atomic mass is 32.2. The van der Waals surface area contributed by atoms with E-state index in [1.165, 1.54) is 6.92 Å². The van der Waals surface area contributed by atoms with E-state index in [2.05, 4.69) is 11.3 Å². The molecule has 0 bridgehead atoms. The number of ether oxygens (including phenoxy) is 1. The number of sulfonamides is 2. The summed E-state index contributed by atoms with van der Waals surface area (Å²) in [6.07, 6.45) is 1.99. The molecule has 124 valence electrons. The van der Waals surface area contributed by atoms with Gasteiger partial charge in [-0.3, -0.25) is 0 Å². The van der Waals surface area contributed by atoms with Crippen LogP contribution in [0.2, 0.25) is 0 Å². The lowest BCUT2D eigenvalue weighted by atomic mass is 10.3. The van der Waals surface area contributed by atoms with Gasteiger partial charge in [-0.2, -0.15) is 4.31 Å². The molecule has 0 aliphatic rings. The van der Waals surface area contributed by atoms with E-state index in [0.29, 0.717) is 0 Å². The van der Waals surface area contributed by atoms with Crippen LogP contribution in [0.5, 0.6) is 0 Å². The Morgan fingerprint density at radius 3 is 2.19 bits per heavy atom. The third kappa shape index (κ3) is 9.56. The van der Waals surface area contributed by atoms with Crippen molar-refractivity contribution >= 4 is 26.0 Å². The van der Waals surface area contributed by atoms with Crippen molar-refractivity contribution in [3.05, 3.63) is 12.2 Å². The molecule has 1 N–H and O–H groups in total. The zero-order valence-corrected chi connectivity index (χ0v) is 14.3. The fraction of sp³-hybridized carbons (Fsp3) is 0.727. The number of hydrogen-bond donors (Lipinski definition) is 1. The number of nitrogens with one attached hydrogen (secondary N) is 1. The Balaban J connectivity index is 4.63. The van der Waals surface area contributed by atoms with Crippen LogP contribution < -0.4 is 4.72 Å². The molecular formula is C11H22N2O6S2. The molecule has 0 aromatic heterocycles. The largest absolute Gasteiger partial charge is 0.461 e. The summed E-state index contributed by atoms with van der Waals surface area (Å²) in [4.78, 5) is 11.2. The van der Waals surface area contributed by atoms with Gasteiger partial charge in [0.1, 0.15) is 6.61 Å². The fourth-order valence-electron chi connectivity index (χ4n) is 1.46. The molecule has 0 saturated carbocycles. The molecule has 0 amide bonds.